The van der Waals surface area contributed by atoms with E-state index in [1.807, 2.05) is 0 Å². The van der Waals surface area contributed by atoms with Crippen LogP contribution in [0, 0.1) is 58.2 Å². The van der Waals surface area contributed by atoms with Gasteiger partial charge in [0.05, 0.1) is 83.9 Å². The van der Waals surface area contributed by atoms with Crippen LogP contribution in [0.1, 0.15) is 255 Å². The Kier molecular flexibility index (Phi) is 44.5. The maximum Gasteiger partial charge on any atom is 0.252 e. The zero-order chi connectivity index (χ0) is 93.5. The molecule has 12 amide bonds. The number of hydrogen-bond donors (Lipinski definition) is 12. The molecule has 9 unspecified atom stereocenters. The van der Waals surface area contributed by atoms with Crippen LogP contribution in [0.2, 0.25) is 0 Å². The van der Waals surface area contributed by atoms with E-state index in [4.69, 9.17) is 10.5 Å². The first-order valence-corrected chi connectivity index (χ1v) is 42.2. The molecule has 22 atom stereocenters. The largest absolute Gasteiger partial charge is 0.369 e. The summed E-state index contributed by atoms with van der Waals surface area (Å²) in [7, 11) is 0. The minimum Gasteiger partial charge on any atom is -0.369 e. The molecule has 0 aromatic heterocycles. The van der Waals surface area contributed by atoms with Crippen LogP contribution in [-0.2, 0) is 115 Å². The fourth-order valence-corrected chi connectivity index (χ4v) is 12.9. The molecule has 2 heterocycles. The SMILES string of the molecule is CC(CC(=O)[C@H](C)NC(=O)C(C)CC(=O)[C@H](C)NC(=O)C(C)CC(=O)[C@H](C)NC(=O)C(C)CC(=O)[C@H](C)NC(=O)[C@]1(C)CC/C=C\CCC[C@](C)(CC(=O)[C@H](C)NC(=O)C(C)CC(=O)[C@H](C)NC(=O)C(C)CC(=O)[C@H](C)NC(=O)C(C)CC(=O)[C@H](C)NC(=O)C(C)CC(=O)[C@H](C)NC(=O)C2CO2)C(=O)N[C@@H](C)C(=O)CCC(=O)N[C@@H](C)C(=O)C1)C(N)=O. The predicted octanol–water partition coefficient (Wildman–Crippen LogP) is 1.99. The summed E-state index contributed by atoms with van der Waals surface area (Å²) in [6.45, 7) is 30.5. The molecule has 2 rings (SSSR count). The van der Waals surface area contributed by atoms with Crippen LogP contribution in [0.4, 0.5) is 0 Å². The molecular weight excluding hydrogens is 1590 g/mol. The van der Waals surface area contributed by atoms with Gasteiger partial charge in [0.15, 0.2) is 69.7 Å². The van der Waals surface area contributed by atoms with E-state index in [0.29, 0.717) is 12.8 Å². The van der Waals surface area contributed by atoms with Crippen LogP contribution in [0.3, 0.4) is 0 Å². The van der Waals surface area contributed by atoms with E-state index in [2.05, 4.69) is 58.5 Å². The van der Waals surface area contributed by atoms with Crippen LogP contribution in [0.15, 0.2) is 12.2 Å². The smallest absolute Gasteiger partial charge is 0.252 e. The minimum absolute atomic E-state index is 0.0403. The number of hydrogen-bond acceptors (Lipinski definition) is 24. The zero-order valence-corrected chi connectivity index (χ0v) is 74.8. The first kappa shape index (κ1) is 108. The Bertz CT molecular complexity index is 3930. The molecule has 0 aromatic rings. The fraction of sp³-hybridized carbons (Fsp3) is 0.709. The van der Waals surface area contributed by atoms with Crippen molar-refractivity contribution >= 4 is 135 Å². The first-order valence-electron chi connectivity index (χ1n) is 42.2. The number of rotatable bonds is 46. The molecule has 2 aliphatic heterocycles. The van der Waals surface area contributed by atoms with Gasteiger partial charge in [0, 0.05) is 124 Å². The molecule has 0 spiro atoms. The third-order valence-electron chi connectivity index (χ3n) is 22.5. The lowest BCUT2D eigenvalue weighted by Gasteiger charge is -2.31. The number of amides is 12. The molecule has 36 heteroatoms. The van der Waals surface area contributed by atoms with Crippen LogP contribution in [0.5, 0.6) is 0 Å². The highest BCUT2D eigenvalue weighted by molar-refractivity contribution is 6.03. The standard InChI is InChI=1S/C86H134N12O24/c1-42(74(87)111)31-62(100)51(10)89-75(112)43(2)32-63(101)52(11)90-77(114)46(5)35-66(104)55(14)94-80(117)49(8)38-69(107)58(17)98-84(121)85(20)29-25-23-22-24-26-30-86(21,83(120)97-50(9)61(99)27-28-73(110)88-59(18)70(108)39-85)40-71(109)60(19)95-81(118)48(7)36-67(105)56(15)92-78(115)45(4)33-64(102)53(12)91-76(113)44(3)34-65(103)54(13)93-79(116)47(6)37-68(106)57(16)96-82(119)72-41-122-72/h22-23,42-60,72H,24-41H2,1-21H3,(H2,87,111)(H,88,110)(H,89,112)(H,90,114)(H,91,113)(H,92,115)(H,93,116)(H,94,117)(H,95,118)(H,96,119)(H,97,120)(H,98,121)/b23-22-/t42?,43?,44?,45?,46?,47?,48?,49?,50-,51-,52-,53-,54-,55-,56-,57-,58-,59-,60-,72?,85+,86+/m0/s1. The van der Waals surface area contributed by atoms with Gasteiger partial charge in [-0.2, -0.15) is 0 Å². The normalized spacial score (nSPS) is 22.5. The van der Waals surface area contributed by atoms with Gasteiger partial charge in [0.25, 0.3) is 5.91 Å². The summed E-state index contributed by atoms with van der Waals surface area (Å²) in [6.07, 6.45) is -0.259. The second-order valence-corrected chi connectivity index (χ2v) is 34.6. The Morgan fingerprint density at radius 2 is 0.656 bits per heavy atom. The molecule has 36 nitrogen and oxygen atoms in total. The molecule has 122 heavy (non-hydrogen) atoms. The van der Waals surface area contributed by atoms with E-state index < -0.39 is 297 Å². The summed E-state index contributed by atoms with van der Waals surface area (Å²) >= 11 is 0. The Morgan fingerprint density at radius 3 is 0.967 bits per heavy atom. The molecule has 682 valence electrons. The highest BCUT2D eigenvalue weighted by atomic mass is 16.6. The number of nitrogens with two attached hydrogens (primary N) is 1. The molecule has 1 fully saturated rings. The van der Waals surface area contributed by atoms with Crippen molar-refractivity contribution in [2.24, 2.45) is 63.9 Å². The molecule has 0 saturated carbocycles. The van der Waals surface area contributed by atoms with E-state index in [1.165, 1.54) is 145 Å². The summed E-state index contributed by atoms with van der Waals surface area (Å²) in [4.78, 5) is 304. The lowest BCUT2D eigenvalue weighted by atomic mass is 9.77. The topological polar surface area (TPSA) is 563 Å². The number of nitrogens with one attached hydrogen (secondary N) is 11. The number of Topliss-reactive ketones (excluding diaryl/α,β-unsaturated/α-hetero) is 11. The lowest BCUT2D eigenvalue weighted by Crippen LogP contribution is -2.50. The highest BCUT2D eigenvalue weighted by Crippen LogP contribution is 2.33. The van der Waals surface area contributed by atoms with Crippen LogP contribution in [-0.4, -0.2) is 214 Å². The third-order valence-corrected chi connectivity index (χ3v) is 22.5. The lowest BCUT2D eigenvalue weighted by molar-refractivity contribution is -0.139. The number of carbonyl (C=O) groups is 23. The van der Waals surface area contributed by atoms with Crippen molar-refractivity contribution in [3.8, 4) is 0 Å². The van der Waals surface area contributed by atoms with Crippen molar-refractivity contribution in [1.29, 1.82) is 0 Å². The average molecular weight is 1720 g/mol. The number of ether oxygens (including phenoxy) is 1. The maximum absolute atomic E-state index is 14.3. The Labute approximate surface area is 714 Å². The van der Waals surface area contributed by atoms with E-state index in [1.54, 1.807) is 12.2 Å². The molecule has 13 N–H and O–H groups in total. The van der Waals surface area contributed by atoms with Crippen LogP contribution < -0.4 is 64.2 Å². The van der Waals surface area contributed by atoms with Gasteiger partial charge in [0.1, 0.15) is 0 Å². The van der Waals surface area contributed by atoms with Gasteiger partial charge >= 0.3 is 0 Å². The second-order valence-electron chi connectivity index (χ2n) is 34.6. The van der Waals surface area contributed by atoms with Gasteiger partial charge in [-0.05, 0) is 108 Å². The molecule has 2 aliphatic rings. The summed E-state index contributed by atoms with van der Waals surface area (Å²) in [5.41, 5.74) is 2.25. The Balaban J connectivity index is 2.04. The Hall–Kier alpha value is -10.3. The van der Waals surface area contributed by atoms with E-state index >= 15 is 0 Å². The number of carbonyl (C=O) groups excluding carboxylic acids is 23. The summed E-state index contributed by atoms with van der Waals surface area (Å²) in [5, 5.41) is 28.3. The van der Waals surface area contributed by atoms with Gasteiger partial charge in [-0.25, -0.2) is 0 Å². The van der Waals surface area contributed by atoms with Gasteiger partial charge < -0.3 is 69.0 Å². The molecule has 0 aromatic carbocycles. The van der Waals surface area contributed by atoms with Gasteiger partial charge in [-0.15, -0.1) is 0 Å². The quantitative estimate of drug-likeness (QED) is 0.0306. The third kappa shape index (κ3) is 36.8. The van der Waals surface area contributed by atoms with Crippen molar-refractivity contribution in [2.45, 2.75) is 327 Å². The first-order chi connectivity index (χ1) is 56.4. The van der Waals surface area contributed by atoms with E-state index in [9.17, 15) is 110 Å². The maximum atomic E-state index is 14.3. The number of epoxide rings is 1. The van der Waals surface area contributed by atoms with Crippen molar-refractivity contribution in [3.05, 3.63) is 12.2 Å². The van der Waals surface area contributed by atoms with Crippen molar-refractivity contribution < 1.29 is 115 Å². The van der Waals surface area contributed by atoms with Crippen molar-refractivity contribution in [1.82, 2.24) is 58.5 Å². The number of primary amides is 1. The zero-order valence-electron chi connectivity index (χ0n) is 74.8. The number of ketones is 11. The van der Waals surface area contributed by atoms with Crippen molar-refractivity contribution in [2.75, 3.05) is 6.61 Å². The van der Waals surface area contributed by atoms with Gasteiger partial charge in [-0.3, -0.25) is 110 Å². The molecule has 1 saturated heterocycles. The summed E-state index contributed by atoms with van der Waals surface area (Å²) < 4.78 is 4.91. The summed E-state index contributed by atoms with van der Waals surface area (Å²) in [6, 6.07) is -12.0. The van der Waals surface area contributed by atoms with Gasteiger partial charge in [-0.1, -0.05) is 81.4 Å². The molecular formula is C86H134N12O24. The average Bonchev–Trinajstić information content (AvgIpc) is 1.85. The van der Waals surface area contributed by atoms with E-state index in [-0.39, 0.29) is 70.8 Å². The molecule has 0 aliphatic carbocycles. The summed E-state index contributed by atoms with van der Waals surface area (Å²) in [5.74, 6) is -21.0. The van der Waals surface area contributed by atoms with E-state index in [0.717, 1.165) is 0 Å². The molecule has 0 bridgehead atoms. The highest BCUT2D eigenvalue weighted by Gasteiger charge is 2.42. The minimum atomic E-state index is -1.50. The second kappa shape index (κ2) is 50.3. The van der Waals surface area contributed by atoms with Crippen molar-refractivity contribution in [3.63, 3.8) is 0 Å². The predicted molar refractivity (Wildman–Crippen MR) is 445 cm³/mol. The molecule has 0 radical (unpaired) electrons. The van der Waals surface area contributed by atoms with Crippen LogP contribution >= 0.6 is 0 Å². The Morgan fingerprint density at radius 1 is 0.377 bits per heavy atom. The fourth-order valence-electron chi connectivity index (χ4n) is 12.9. The monoisotopic (exact) mass is 1720 g/mol. The van der Waals surface area contributed by atoms with Gasteiger partial charge in [0.2, 0.25) is 65.0 Å². The number of allylic oxidation sites excluding steroid dienone is 2. The van der Waals surface area contributed by atoms with Crippen LogP contribution in [0.25, 0.3) is 0 Å².